The Morgan fingerprint density at radius 3 is 2.82 bits per heavy atom. The number of pyridine rings is 1. The lowest BCUT2D eigenvalue weighted by atomic mass is 10.1. The van der Waals surface area contributed by atoms with E-state index >= 15 is 0 Å². The maximum Gasteiger partial charge on any atom is 0.410 e. The lowest BCUT2D eigenvalue weighted by Crippen LogP contribution is -2.45. The minimum Gasteiger partial charge on any atom is -0.444 e. The van der Waals surface area contributed by atoms with Crippen LogP contribution in [0.3, 0.4) is 0 Å². The molecule has 1 aromatic heterocycles. The van der Waals surface area contributed by atoms with E-state index in [1.54, 1.807) is 11.1 Å². The summed E-state index contributed by atoms with van der Waals surface area (Å²) in [6, 6.07) is 5.80. The quantitative estimate of drug-likeness (QED) is 0.857. The Balaban J connectivity index is 1.89. The number of nitrogens with zero attached hydrogens (tertiary/aromatic N) is 2. The summed E-state index contributed by atoms with van der Waals surface area (Å²) in [6.07, 6.45) is 3.34. The Hall–Kier alpha value is -1.62. The molecule has 1 fully saturated rings. The van der Waals surface area contributed by atoms with Gasteiger partial charge in [0, 0.05) is 12.7 Å². The average molecular weight is 306 g/mol. The third kappa shape index (κ3) is 4.98. The van der Waals surface area contributed by atoms with Crippen molar-refractivity contribution < 1.29 is 14.3 Å². The van der Waals surface area contributed by atoms with Crippen molar-refractivity contribution in [3.8, 4) is 0 Å². The summed E-state index contributed by atoms with van der Waals surface area (Å²) < 4.78 is 11.5. The van der Waals surface area contributed by atoms with Crippen LogP contribution in [-0.2, 0) is 9.47 Å². The zero-order valence-corrected chi connectivity index (χ0v) is 13.9. The van der Waals surface area contributed by atoms with E-state index in [-0.39, 0.29) is 18.3 Å². The third-order valence-corrected chi connectivity index (χ3v) is 3.53. The minimum atomic E-state index is -0.466. The second kappa shape index (κ2) is 7.09. The van der Waals surface area contributed by atoms with E-state index in [0.717, 1.165) is 25.1 Å². The van der Waals surface area contributed by atoms with Gasteiger partial charge in [-0.25, -0.2) is 4.79 Å². The Bertz CT molecular complexity index is 484. The summed E-state index contributed by atoms with van der Waals surface area (Å²) in [6.45, 7) is 8.94. The van der Waals surface area contributed by atoms with Crippen LogP contribution in [0.5, 0.6) is 0 Å². The second-order valence-electron chi connectivity index (χ2n) is 6.72. The first-order valence-corrected chi connectivity index (χ1v) is 7.89. The molecule has 0 aromatic carbocycles. The molecule has 5 heteroatoms. The van der Waals surface area contributed by atoms with Crippen LogP contribution in [0.4, 0.5) is 4.79 Å². The van der Waals surface area contributed by atoms with Crippen molar-refractivity contribution in [1.29, 1.82) is 0 Å². The second-order valence-corrected chi connectivity index (χ2v) is 6.72. The molecule has 2 rings (SSSR count). The molecule has 1 amide bonds. The molecule has 0 bridgehead atoms. The minimum absolute atomic E-state index is 0.0262. The predicted octanol–water partition coefficient (Wildman–Crippen LogP) is 3.56. The Kier molecular flexibility index (Phi) is 5.40. The highest BCUT2D eigenvalue weighted by molar-refractivity contribution is 5.68. The van der Waals surface area contributed by atoms with Gasteiger partial charge in [-0.3, -0.25) is 4.98 Å². The summed E-state index contributed by atoms with van der Waals surface area (Å²) in [5, 5.41) is 0. The fourth-order valence-corrected chi connectivity index (χ4v) is 2.52. The van der Waals surface area contributed by atoms with Crippen molar-refractivity contribution in [3.63, 3.8) is 0 Å². The summed E-state index contributed by atoms with van der Waals surface area (Å²) in [5.41, 5.74) is 0.448. The van der Waals surface area contributed by atoms with E-state index in [1.807, 2.05) is 45.9 Å². The van der Waals surface area contributed by atoms with E-state index in [2.05, 4.69) is 4.98 Å². The number of carbonyl (C=O) groups excluding carboxylic acids is 1. The van der Waals surface area contributed by atoms with Gasteiger partial charge in [0.25, 0.3) is 0 Å². The SMILES string of the molecule is CC(OC1CCCN(C(=O)OC(C)(C)C)C1)c1ccccn1. The van der Waals surface area contributed by atoms with Crippen LogP contribution in [0.25, 0.3) is 0 Å². The fourth-order valence-electron chi connectivity index (χ4n) is 2.52. The van der Waals surface area contributed by atoms with Crippen LogP contribution in [0.2, 0.25) is 0 Å². The van der Waals surface area contributed by atoms with E-state index in [0.29, 0.717) is 6.54 Å². The van der Waals surface area contributed by atoms with Crippen LogP contribution in [0.1, 0.15) is 52.3 Å². The zero-order chi connectivity index (χ0) is 16.2. The molecule has 1 aliphatic heterocycles. The van der Waals surface area contributed by atoms with Gasteiger partial charge in [-0.1, -0.05) is 6.07 Å². The molecule has 2 heterocycles. The Labute approximate surface area is 132 Å². The molecule has 1 aliphatic rings. The van der Waals surface area contributed by atoms with Crippen molar-refractivity contribution in [2.45, 2.75) is 58.3 Å². The number of amides is 1. The van der Waals surface area contributed by atoms with E-state index < -0.39 is 5.60 Å². The zero-order valence-electron chi connectivity index (χ0n) is 13.9. The first-order chi connectivity index (χ1) is 10.3. The first-order valence-electron chi connectivity index (χ1n) is 7.89. The summed E-state index contributed by atoms with van der Waals surface area (Å²) in [5.74, 6) is 0. The van der Waals surface area contributed by atoms with Crippen LogP contribution in [0, 0.1) is 0 Å². The molecule has 122 valence electrons. The smallest absolute Gasteiger partial charge is 0.410 e. The molecule has 2 atom stereocenters. The standard InChI is InChI=1S/C17H26N2O3/c1-13(15-9-5-6-10-18-15)21-14-8-7-11-19(12-14)16(20)22-17(2,3)4/h5-6,9-10,13-14H,7-8,11-12H2,1-4H3. The number of carbonyl (C=O) groups is 1. The number of rotatable bonds is 3. The molecule has 1 saturated heterocycles. The molecule has 0 radical (unpaired) electrons. The molecular formula is C17H26N2O3. The number of aromatic nitrogens is 1. The van der Waals surface area contributed by atoms with Gasteiger partial charge < -0.3 is 14.4 Å². The highest BCUT2D eigenvalue weighted by atomic mass is 16.6. The Morgan fingerprint density at radius 1 is 1.41 bits per heavy atom. The average Bonchev–Trinajstić information content (AvgIpc) is 2.46. The molecule has 2 unspecified atom stereocenters. The summed E-state index contributed by atoms with van der Waals surface area (Å²) in [7, 11) is 0. The molecule has 5 nitrogen and oxygen atoms in total. The maximum absolute atomic E-state index is 12.2. The van der Waals surface area contributed by atoms with Gasteiger partial charge in [-0.15, -0.1) is 0 Å². The lowest BCUT2D eigenvalue weighted by molar-refractivity contribution is -0.0497. The summed E-state index contributed by atoms with van der Waals surface area (Å²) in [4.78, 5) is 18.2. The molecule has 0 aliphatic carbocycles. The van der Waals surface area contributed by atoms with Crippen molar-refractivity contribution in [2.24, 2.45) is 0 Å². The van der Waals surface area contributed by atoms with Gasteiger partial charge in [0.1, 0.15) is 5.60 Å². The number of hydrogen-bond acceptors (Lipinski definition) is 4. The molecule has 0 spiro atoms. The van der Waals surface area contributed by atoms with E-state index in [9.17, 15) is 4.79 Å². The van der Waals surface area contributed by atoms with Crippen LogP contribution < -0.4 is 0 Å². The van der Waals surface area contributed by atoms with Gasteiger partial charge in [0.2, 0.25) is 0 Å². The number of ether oxygens (including phenoxy) is 2. The molecule has 22 heavy (non-hydrogen) atoms. The summed E-state index contributed by atoms with van der Waals surface area (Å²) >= 11 is 0. The Morgan fingerprint density at radius 2 is 2.18 bits per heavy atom. The van der Waals surface area contributed by atoms with Crippen molar-refractivity contribution in [2.75, 3.05) is 13.1 Å². The first kappa shape index (κ1) is 16.7. The van der Waals surface area contributed by atoms with Crippen molar-refractivity contribution in [3.05, 3.63) is 30.1 Å². The van der Waals surface area contributed by atoms with Crippen LogP contribution >= 0.6 is 0 Å². The third-order valence-electron chi connectivity index (χ3n) is 3.53. The van der Waals surface area contributed by atoms with Crippen LogP contribution in [-0.4, -0.2) is 40.8 Å². The highest BCUT2D eigenvalue weighted by Gasteiger charge is 2.29. The number of likely N-dealkylation sites (tertiary alicyclic amines) is 1. The van der Waals surface area contributed by atoms with Crippen molar-refractivity contribution >= 4 is 6.09 Å². The van der Waals surface area contributed by atoms with Crippen LogP contribution in [0.15, 0.2) is 24.4 Å². The normalized spacial score (nSPS) is 20.5. The van der Waals surface area contributed by atoms with Gasteiger partial charge in [0.15, 0.2) is 0 Å². The molecule has 0 saturated carbocycles. The highest BCUT2D eigenvalue weighted by Crippen LogP contribution is 2.22. The van der Waals surface area contributed by atoms with Crippen molar-refractivity contribution in [1.82, 2.24) is 9.88 Å². The fraction of sp³-hybridized carbons (Fsp3) is 0.647. The van der Waals surface area contributed by atoms with E-state index in [1.165, 1.54) is 0 Å². The van der Waals surface area contributed by atoms with Gasteiger partial charge in [-0.2, -0.15) is 0 Å². The monoisotopic (exact) mass is 306 g/mol. The molecular weight excluding hydrogens is 280 g/mol. The van der Waals surface area contributed by atoms with E-state index in [4.69, 9.17) is 9.47 Å². The predicted molar refractivity (Wildman–Crippen MR) is 84.6 cm³/mol. The molecule has 1 aromatic rings. The molecule has 0 N–H and O–H groups in total. The number of hydrogen-bond donors (Lipinski definition) is 0. The van der Waals surface area contributed by atoms with Gasteiger partial charge in [0.05, 0.1) is 24.4 Å². The largest absolute Gasteiger partial charge is 0.444 e. The maximum atomic E-state index is 12.2. The lowest BCUT2D eigenvalue weighted by Gasteiger charge is -2.35. The van der Waals surface area contributed by atoms with Gasteiger partial charge >= 0.3 is 6.09 Å². The topological polar surface area (TPSA) is 51.7 Å². The number of piperidine rings is 1. The van der Waals surface area contributed by atoms with Gasteiger partial charge in [-0.05, 0) is 52.7 Å².